The van der Waals surface area contributed by atoms with Gasteiger partial charge in [0.15, 0.2) is 0 Å². The van der Waals surface area contributed by atoms with Crippen molar-refractivity contribution in [3.63, 3.8) is 0 Å². The van der Waals surface area contributed by atoms with Crippen LogP contribution < -0.4 is 10.2 Å². The molecule has 0 radical (unpaired) electrons. The zero-order chi connectivity index (χ0) is 28.0. The molecule has 2 N–H and O–H groups in total. The maximum atomic E-state index is 12.1. The Morgan fingerprint density at radius 2 is 1.30 bits per heavy atom. The largest absolute Gasteiger partial charge is 0.756 e. The normalized spacial score (nSPS) is 15.3. The first kappa shape index (κ1) is 36.5. The number of aliphatic hydroxyl groups is 1. The van der Waals surface area contributed by atoms with Crippen molar-refractivity contribution in [3.05, 3.63) is 0 Å². The molecule has 0 saturated heterocycles. The van der Waals surface area contributed by atoms with E-state index in [-0.39, 0.29) is 25.5 Å². The molecule has 3 unspecified atom stereocenters. The first-order chi connectivity index (χ1) is 17.5. The van der Waals surface area contributed by atoms with Crippen molar-refractivity contribution in [2.24, 2.45) is 0 Å². The average molecular weight is 551 g/mol. The van der Waals surface area contributed by atoms with Crippen molar-refractivity contribution in [3.8, 4) is 0 Å². The van der Waals surface area contributed by atoms with E-state index in [9.17, 15) is 19.4 Å². The fraction of sp³-hybridized carbons (Fsp3) is 0.964. The fourth-order valence-electron chi connectivity index (χ4n) is 4.12. The van der Waals surface area contributed by atoms with Gasteiger partial charge in [-0.15, -0.1) is 0 Å². The summed E-state index contributed by atoms with van der Waals surface area (Å²) in [5.74, 6) is -0.254. The predicted octanol–water partition coefficient (Wildman–Crippen LogP) is 5.71. The van der Waals surface area contributed by atoms with Gasteiger partial charge in [-0.3, -0.25) is 9.36 Å². The second-order valence-corrected chi connectivity index (χ2v) is 12.8. The highest BCUT2D eigenvalue weighted by atomic mass is 31.2. The van der Waals surface area contributed by atoms with Crippen LogP contribution in [0, 0.1) is 0 Å². The van der Waals surface area contributed by atoms with Crippen LogP contribution >= 0.6 is 7.82 Å². The number of carbonyl (C=O) groups excluding carboxylic acids is 1. The van der Waals surface area contributed by atoms with Gasteiger partial charge in [0.2, 0.25) is 5.91 Å². The summed E-state index contributed by atoms with van der Waals surface area (Å²) in [7, 11) is 1.30. The van der Waals surface area contributed by atoms with E-state index in [2.05, 4.69) is 12.2 Å². The van der Waals surface area contributed by atoms with Crippen LogP contribution in [0.1, 0.15) is 123 Å². The van der Waals surface area contributed by atoms with E-state index in [0.717, 1.165) is 19.3 Å². The molecule has 0 aliphatic carbocycles. The summed E-state index contributed by atoms with van der Waals surface area (Å²) in [6, 6.07) is -0.789. The highest BCUT2D eigenvalue weighted by Gasteiger charge is 2.24. The number of carbonyl (C=O) groups is 1. The number of hydrogen-bond donors (Lipinski definition) is 2. The molecule has 0 aromatic heterocycles. The van der Waals surface area contributed by atoms with Gasteiger partial charge < -0.3 is 28.8 Å². The molecule has 8 nitrogen and oxygen atoms in total. The van der Waals surface area contributed by atoms with Crippen LogP contribution in [0.4, 0.5) is 0 Å². The Balaban J connectivity index is 4.05. The second-order valence-electron chi connectivity index (χ2n) is 11.4. The first-order valence-corrected chi connectivity index (χ1v) is 16.3. The molecule has 0 aliphatic heterocycles. The smallest absolute Gasteiger partial charge is 0.268 e. The third kappa shape index (κ3) is 24.3. The third-order valence-corrected chi connectivity index (χ3v) is 7.62. The minimum Gasteiger partial charge on any atom is -0.756 e. The van der Waals surface area contributed by atoms with Crippen molar-refractivity contribution >= 4 is 13.7 Å². The van der Waals surface area contributed by atoms with E-state index in [1.807, 2.05) is 21.1 Å². The number of phosphoric ester groups is 1. The molecule has 0 aromatic carbocycles. The minimum atomic E-state index is -4.51. The van der Waals surface area contributed by atoms with Crippen LogP contribution in [0.25, 0.3) is 0 Å². The Morgan fingerprint density at radius 3 is 1.73 bits per heavy atom. The van der Waals surface area contributed by atoms with Crippen molar-refractivity contribution < 1.29 is 32.9 Å². The Hall–Kier alpha value is -0.500. The third-order valence-electron chi connectivity index (χ3n) is 6.66. The number of phosphoric acid groups is 1. The SMILES string of the molecule is CCCCCCCCCCCCCCCCCC(O)C(COP(=O)([O-])OCC[N+](C)(C)C)NC(=O)CC. The van der Waals surface area contributed by atoms with E-state index in [0.29, 0.717) is 17.4 Å². The molecule has 0 spiro atoms. The lowest BCUT2D eigenvalue weighted by Crippen LogP contribution is -2.46. The predicted molar refractivity (Wildman–Crippen MR) is 150 cm³/mol. The lowest BCUT2D eigenvalue weighted by atomic mass is 10.0. The van der Waals surface area contributed by atoms with Crippen molar-refractivity contribution in [2.45, 2.75) is 135 Å². The van der Waals surface area contributed by atoms with Gasteiger partial charge in [-0.25, -0.2) is 0 Å². The zero-order valence-corrected chi connectivity index (χ0v) is 25.6. The summed E-state index contributed by atoms with van der Waals surface area (Å²) in [6.45, 7) is 4.15. The van der Waals surface area contributed by atoms with E-state index >= 15 is 0 Å². The molecule has 37 heavy (non-hydrogen) atoms. The first-order valence-electron chi connectivity index (χ1n) is 14.9. The van der Waals surface area contributed by atoms with Gasteiger partial charge >= 0.3 is 0 Å². The Labute approximate surface area is 228 Å². The van der Waals surface area contributed by atoms with Gasteiger partial charge in [0.1, 0.15) is 13.2 Å². The molecule has 222 valence electrons. The lowest BCUT2D eigenvalue weighted by Gasteiger charge is -2.30. The second kappa shape index (κ2) is 22.3. The molecule has 1 amide bonds. The van der Waals surface area contributed by atoms with Gasteiger partial charge in [0.25, 0.3) is 7.82 Å². The maximum absolute atomic E-state index is 12.1. The topological polar surface area (TPSA) is 108 Å². The fourth-order valence-corrected chi connectivity index (χ4v) is 4.84. The number of likely N-dealkylation sites (N-methyl/N-ethyl adjacent to an activating group) is 1. The van der Waals surface area contributed by atoms with Crippen LogP contribution in [0.2, 0.25) is 0 Å². The summed E-state index contributed by atoms with van der Waals surface area (Å²) >= 11 is 0. The highest BCUT2D eigenvalue weighted by molar-refractivity contribution is 7.45. The highest BCUT2D eigenvalue weighted by Crippen LogP contribution is 2.38. The van der Waals surface area contributed by atoms with Gasteiger partial charge in [-0.05, 0) is 6.42 Å². The van der Waals surface area contributed by atoms with Gasteiger partial charge in [0.05, 0.1) is 39.9 Å². The van der Waals surface area contributed by atoms with Crippen LogP contribution in [0.3, 0.4) is 0 Å². The number of aliphatic hydroxyl groups excluding tert-OH is 1. The van der Waals surface area contributed by atoms with Gasteiger partial charge in [-0.1, -0.05) is 110 Å². The minimum absolute atomic E-state index is 0.0118. The standard InChI is InChI=1S/C28H59N2O6P/c1-6-8-9-10-11-12-13-14-15-16-17-18-19-20-21-22-27(31)26(29-28(32)7-2)25-36-37(33,34)35-24-23-30(3,4)5/h26-27,31H,6-25H2,1-5H3,(H-,29,32,33,34). The molecule has 0 aliphatic rings. The Bertz CT molecular complexity index is 600. The van der Waals surface area contributed by atoms with Crippen LogP contribution in [-0.4, -0.2) is 68.5 Å². The number of quaternary nitrogens is 1. The molecule has 0 fully saturated rings. The van der Waals surface area contributed by atoms with E-state index in [4.69, 9.17) is 9.05 Å². The number of nitrogens with one attached hydrogen (secondary N) is 1. The van der Waals surface area contributed by atoms with Crippen molar-refractivity contribution in [1.29, 1.82) is 0 Å². The molecule has 0 heterocycles. The van der Waals surface area contributed by atoms with E-state index in [1.165, 1.54) is 77.0 Å². The Kier molecular flexibility index (Phi) is 22.0. The number of hydrogen-bond acceptors (Lipinski definition) is 6. The number of amides is 1. The lowest BCUT2D eigenvalue weighted by molar-refractivity contribution is -0.870. The van der Waals surface area contributed by atoms with E-state index in [1.54, 1.807) is 6.92 Å². The van der Waals surface area contributed by atoms with Gasteiger partial charge in [-0.2, -0.15) is 0 Å². The summed E-state index contributed by atoms with van der Waals surface area (Å²) < 4.78 is 22.6. The van der Waals surface area contributed by atoms with Gasteiger partial charge in [0, 0.05) is 6.42 Å². The van der Waals surface area contributed by atoms with Crippen molar-refractivity contribution in [1.82, 2.24) is 5.32 Å². The van der Waals surface area contributed by atoms with Crippen molar-refractivity contribution in [2.75, 3.05) is 40.9 Å². The summed E-state index contributed by atoms with van der Waals surface area (Å²) in [4.78, 5) is 24.0. The summed E-state index contributed by atoms with van der Waals surface area (Å²) in [5, 5.41) is 13.3. The van der Waals surface area contributed by atoms with Crippen LogP contribution in [0.15, 0.2) is 0 Å². The average Bonchev–Trinajstić information content (AvgIpc) is 2.82. The molecular weight excluding hydrogens is 491 g/mol. The number of rotatable bonds is 26. The van der Waals surface area contributed by atoms with E-state index < -0.39 is 20.0 Å². The Morgan fingerprint density at radius 1 is 0.838 bits per heavy atom. The van der Waals surface area contributed by atoms with Crippen LogP contribution in [0.5, 0.6) is 0 Å². The van der Waals surface area contributed by atoms with Crippen LogP contribution in [-0.2, 0) is 18.4 Å². The maximum Gasteiger partial charge on any atom is 0.268 e. The number of nitrogens with zero attached hydrogens (tertiary/aromatic N) is 1. The zero-order valence-electron chi connectivity index (χ0n) is 24.7. The molecule has 0 aromatic rings. The summed E-state index contributed by atoms with van der Waals surface area (Å²) in [5.41, 5.74) is 0. The monoisotopic (exact) mass is 550 g/mol. The molecule has 0 rings (SSSR count). The molecule has 3 atom stereocenters. The molecule has 0 saturated carbocycles. The quantitative estimate of drug-likeness (QED) is 0.0811. The molecule has 0 bridgehead atoms. The summed E-state index contributed by atoms with van der Waals surface area (Å²) in [6.07, 6.45) is 18.9. The number of unbranched alkanes of at least 4 members (excludes halogenated alkanes) is 14. The molecule has 9 heteroatoms. The molecular formula is C28H59N2O6P.